The van der Waals surface area contributed by atoms with Crippen LogP contribution < -0.4 is 5.43 Å². The Morgan fingerprint density at radius 2 is 1.83 bits per heavy atom. The molecule has 2 N–H and O–H groups in total. The normalized spacial score (nSPS) is 35.4. The number of benzene rings is 1. The van der Waals surface area contributed by atoms with Crippen LogP contribution in [0.4, 0.5) is 0 Å². The predicted molar refractivity (Wildman–Crippen MR) is 121 cm³/mol. The summed E-state index contributed by atoms with van der Waals surface area (Å²) >= 11 is 1.57. The van der Waals surface area contributed by atoms with Crippen LogP contribution in [0, 0.1) is 30.1 Å². The molecule has 1 unspecified atom stereocenters. The maximum Gasteiger partial charge on any atom is 0.182 e. The first kappa shape index (κ1) is 19.3. The molecule has 1 atom stereocenters. The van der Waals surface area contributed by atoms with Crippen molar-refractivity contribution >= 4 is 22.6 Å². The molecule has 0 spiro atoms. The molecule has 0 radical (unpaired) electrons. The van der Waals surface area contributed by atoms with E-state index in [4.69, 9.17) is 4.99 Å². The lowest BCUT2D eigenvalue weighted by Crippen LogP contribution is -2.52. The summed E-state index contributed by atoms with van der Waals surface area (Å²) in [6.45, 7) is 6.68. The first-order chi connectivity index (χ1) is 14.0. The number of hydrazine groups is 1. The monoisotopic (exact) mass is 409 g/mol. The second-order valence-corrected chi connectivity index (χ2v) is 10.4. The summed E-state index contributed by atoms with van der Waals surface area (Å²) in [5.74, 6) is 2.44. The maximum atomic E-state index is 11.2. The summed E-state index contributed by atoms with van der Waals surface area (Å²) in [6.07, 6.45) is 8.89. The Kier molecular flexibility index (Phi) is 4.99. The molecule has 29 heavy (non-hydrogen) atoms. The smallest absolute Gasteiger partial charge is 0.182 e. The lowest BCUT2D eigenvalue weighted by Gasteiger charge is -2.57. The van der Waals surface area contributed by atoms with Crippen LogP contribution in [0.15, 0.2) is 47.3 Å². The summed E-state index contributed by atoms with van der Waals surface area (Å²) in [6, 6.07) is 8.55. The Bertz CT molecular complexity index is 809. The number of hydrogen-bond donors (Lipinski definition) is 2. The maximum absolute atomic E-state index is 11.2. The highest BCUT2D eigenvalue weighted by Gasteiger charge is 2.54. The van der Waals surface area contributed by atoms with Gasteiger partial charge in [-0.3, -0.25) is 10.4 Å². The van der Waals surface area contributed by atoms with E-state index in [9.17, 15) is 5.11 Å². The number of aliphatic hydroxyl groups is 1. The van der Waals surface area contributed by atoms with Crippen LogP contribution in [0.5, 0.6) is 0 Å². The highest BCUT2D eigenvalue weighted by Crippen LogP contribution is 2.61. The summed E-state index contributed by atoms with van der Waals surface area (Å²) in [5, 5.41) is 16.2. The first-order valence-electron chi connectivity index (χ1n) is 10.9. The van der Waals surface area contributed by atoms with Gasteiger partial charge in [-0.15, -0.1) is 6.58 Å². The summed E-state index contributed by atoms with van der Waals surface area (Å²) in [7, 11) is 0. The van der Waals surface area contributed by atoms with Crippen LogP contribution in [-0.2, 0) is 0 Å². The molecular weight excluding hydrogens is 378 g/mol. The number of amidine groups is 1. The van der Waals surface area contributed by atoms with Crippen LogP contribution in [-0.4, -0.2) is 28.1 Å². The van der Waals surface area contributed by atoms with Crippen molar-refractivity contribution in [3.05, 3.63) is 53.5 Å². The number of rotatable bonds is 5. The van der Waals surface area contributed by atoms with Gasteiger partial charge in [-0.1, -0.05) is 47.7 Å². The van der Waals surface area contributed by atoms with Crippen molar-refractivity contribution in [1.82, 2.24) is 10.4 Å². The minimum atomic E-state index is -0.606. The molecule has 5 heteroatoms. The predicted octanol–water partition coefficient (Wildman–Crippen LogP) is 4.92. The number of aliphatic imine (C=N–C) groups is 1. The third-order valence-corrected chi connectivity index (χ3v) is 8.10. The molecule has 1 aliphatic heterocycles. The highest BCUT2D eigenvalue weighted by molar-refractivity contribution is 8.16. The summed E-state index contributed by atoms with van der Waals surface area (Å²) in [5.41, 5.74) is 6.96. The number of nitrogens with zero attached hydrogens (tertiary/aromatic N) is 2. The lowest BCUT2D eigenvalue weighted by molar-refractivity contribution is -0.116. The van der Waals surface area contributed by atoms with Gasteiger partial charge in [0.15, 0.2) is 11.4 Å². The molecule has 4 fully saturated rings. The van der Waals surface area contributed by atoms with Crippen molar-refractivity contribution in [2.24, 2.45) is 28.2 Å². The van der Waals surface area contributed by atoms with Crippen LogP contribution in [0.3, 0.4) is 0 Å². The van der Waals surface area contributed by atoms with Gasteiger partial charge in [0.1, 0.15) is 0 Å². The van der Waals surface area contributed by atoms with Gasteiger partial charge in [-0.2, -0.15) is 0 Å². The number of aliphatic hydroxyl groups excluding tert-OH is 1. The van der Waals surface area contributed by atoms with Gasteiger partial charge in [0.05, 0.1) is 12.2 Å². The van der Waals surface area contributed by atoms with Crippen LogP contribution in [0.25, 0.3) is 5.70 Å². The van der Waals surface area contributed by atoms with E-state index in [-0.39, 0.29) is 5.41 Å². The molecule has 4 bridgehead atoms. The molecule has 6 rings (SSSR count). The molecule has 4 nitrogen and oxygen atoms in total. The fourth-order valence-electron chi connectivity index (χ4n) is 6.40. The SMILES string of the molecule is C=CCN1NC(=NC(O)C23CC4CC(CC(C4)C2)C3)SC=C1c1ccc(C)cc1. The van der Waals surface area contributed by atoms with Gasteiger partial charge in [0, 0.05) is 16.4 Å². The molecule has 4 aliphatic carbocycles. The largest absolute Gasteiger partial charge is 0.371 e. The molecule has 0 saturated heterocycles. The average Bonchev–Trinajstić information content (AvgIpc) is 2.68. The lowest BCUT2D eigenvalue weighted by atomic mass is 9.49. The second kappa shape index (κ2) is 7.51. The van der Waals surface area contributed by atoms with Crippen molar-refractivity contribution in [2.45, 2.75) is 51.7 Å². The van der Waals surface area contributed by atoms with E-state index in [1.807, 2.05) is 6.08 Å². The van der Waals surface area contributed by atoms with Gasteiger partial charge in [0.25, 0.3) is 0 Å². The Labute approximate surface area is 178 Å². The second-order valence-electron chi connectivity index (χ2n) is 9.59. The molecule has 154 valence electrons. The fraction of sp³-hybridized carbons (Fsp3) is 0.542. The van der Waals surface area contributed by atoms with Gasteiger partial charge < -0.3 is 5.11 Å². The van der Waals surface area contributed by atoms with E-state index in [0.717, 1.165) is 53.4 Å². The van der Waals surface area contributed by atoms with Crippen molar-refractivity contribution in [3.8, 4) is 0 Å². The number of thioether (sulfide) groups is 1. The first-order valence-corrected chi connectivity index (χ1v) is 11.8. The molecule has 5 aliphatic rings. The third-order valence-electron chi connectivity index (χ3n) is 7.34. The van der Waals surface area contributed by atoms with E-state index in [1.165, 1.54) is 24.8 Å². The Morgan fingerprint density at radius 1 is 1.21 bits per heavy atom. The van der Waals surface area contributed by atoms with E-state index < -0.39 is 6.23 Å². The van der Waals surface area contributed by atoms with Gasteiger partial charge in [-0.05, 0) is 63.2 Å². The average molecular weight is 410 g/mol. The topological polar surface area (TPSA) is 47.9 Å². The van der Waals surface area contributed by atoms with Crippen LogP contribution >= 0.6 is 11.8 Å². The zero-order valence-electron chi connectivity index (χ0n) is 17.2. The standard InChI is InChI=1S/C24H31N3OS/c1-3-8-27-21(20-6-4-16(2)5-7-20)15-29-23(26-27)25-22(28)24-12-17-9-18(13-24)11-19(10-17)14-24/h3-7,15,17-19,22,28H,1,8-14H2,2H3,(H,25,26). The van der Waals surface area contributed by atoms with Gasteiger partial charge in [-0.25, -0.2) is 4.99 Å². The van der Waals surface area contributed by atoms with E-state index in [2.05, 4.69) is 53.6 Å². The minimum Gasteiger partial charge on any atom is -0.371 e. The molecule has 1 aromatic carbocycles. The zero-order valence-corrected chi connectivity index (χ0v) is 18.0. The Hall–Kier alpha value is -1.72. The number of aryl methyl sites for hydroxylation is 1. The van der Waals surface area contributed by atoms with Crippen molar-refractivity contribution in [1.29, 1.82) is 0 Å². The van der Waals surface area contributed by atoms with Gasteiger partial charge in [0.2, 0.25) is 0 Å². The third kappa shape index (κ3) is 3.64. The Morgan fingerprint density at radius 3 is 2.41 bits per heavy atom. The van der Waals surface area contributed by atoms with Crippen LogP contribution in [0.2, 0.25) is 0 Å². The van der Waals surface area contributed by atoms with E-state index >= 15 is 0 Å². The van der Waals surface area contributed by atoms with Gasteiger partial charge >= 0.3 is 0 Å². The van der Waals surface area contributed by atoms with E-state index in [0.29, 0.717) is 6.54 Å². The quantitative estimate of drug-likeness (QED) is 0.678. The zero-order chi connectivity index (χ0) is 20.0. The van der Waals surface area contributed by atoms with Crippen molar-refractivity contribution in [3.63, 3.8) is 0 Å². The Balaban J connectivity index is 1.37. The fourth-order valence-corrected chi connectivity index (χ4v) is 7.21. The van der Waals surface area contributed by atoms with E-state index in [1.54, 1.807) is 11.8 Å². The molecular formula is C24H31N3OS. The number of hydrogen-bond acceptors (Lipinski definition) is 4. The number of nitrogens with one attached hydrogen (secondary N) is 1. The van der Waals surface area contributed by atoms with Crippen molar-refractivity contribution in [2.75, 3.05) is 6.54 Å². The van der Waals surface area contributed by atoms with Crippen molar-refractivity contribution < 1.29 is 5.11 Å². The highest BCUT2D eigenvalue weighted by atomic mass is 32.2. The summed E-state index contributed by atoms with van der Waals surface area (Å²) < 4.78 is 0. The molecule has 0 amide bonds. The molecule has 1 heterocycles. The molecule has 1 aromatic rings. The summed E-state index contributed by atoms with van der Waals surface area (Å²) in [4.78, 5) is 4.80. The molecule has 0 aromatic heterocycles. The van der Waals surface area contributed by atoms with Crippen LogP contribution in [0.1, 0.15) is 49.7 Å². The molecule has 4 saturated carbocycles. The minimum absolute atomic E-state index is 0.00814.